The summed E-state index contributed by atoms with van der Waals surface area (Å²) in [6, 6.07) is 12.6. The Morgan fingerprint density at radius 1 is 1.12 bits per heavy atom. The molecule has 2 aromatic rings. The van der Waals surface area contributed by atoms with Crippen molar-refractivity contribution >= 4 is 35.5 Å². The number of ether oxygens (including phenoxy) is 1. The zero-order valence-electron chi connectivity index (χ0n) is 14.7. The van der Waals surface area contributed by atoms with Crippen LogP contribution in [0.4, 0.5) is 11.4 Å². The van der Waals surface area contributed by atoms with Crippen LogP contribution in [0.2, 0.25) is 0 Å². The first-order valence-corrected chi connectivity index (χ1v) is 8.45. The molecule has 0 atom stereocenters. The number of benzene rings is 2. The number of rotatable bonds is 5. The van der Waals surface area contributed by atoms with Crippen LogP contribution in [0.5, 0.6) is 5.75 Å². The Bertz CT molecular complexity index is 790. The molecule has 6 heteroatoms. The zero-order chi connectivity index (χ0) is 17.8. The summed E-state index contributed by atoms with van der Waals surface area (Å²) in [6.45, 7) is 0.673. The van der Waals surface area contributed by atoms with Gasteiger partial charge >= 0.3 is 0 Å². The molecule has 1 aliphatic rings. The van der Waals surface area contributed by atoms with Gasteiger partial charge in [-0.05, 0) is 54.8 Å². The molecule has 1 amide bonds. The lowest BCUT2D eigenvalue weighted by atomic mass is 9.99. The molecule has 0 bridgehead atoms. The van der Waals surface area contributed by atoms with Gasteiger partial charge in [-0.1, -0.05) is 6.07 Å². The van der Waals surface area contributed by atoms with Crippen molar-refractivity contribution in [3.63, 3.8) is 0 Å². The van der Waals surface area contributed by atoms with E-state index in [0.717, 1.165) is 29.8 Å². The highest BCUT2D eigenvalue weighted by Gasteiger charge is 2.24. The molecule has 26 heavy (non-hydrogen) atoms. The third-order valence-corrected chi connectivity index (χ3v) is 4.57. The molecule has 0 spiro atoms. The molecular weight excluding hydrogens is 352 g/mol. The van der Waals surface area contributed by atoms with Gasteiger partial charge in [0.1, 0.15) is 5.75 Å². The number of anilines is 2. The van der Waals surface area contributed by atoms with Crippen LogP contribution in [0.1, 0.15) is 35.2 Å². The lowest BCUT2D eigenvalue weighted by Gasteiger charge is -2.30. The second kappa shape index (κ2) is 8.72. The predicted molar refractivity (Wildman–Crippen MR) is 105 cm³/mol. The number of nitrogens with zero attached hydrogens (tertiary/aromatic N) is 1. The van der Waals surface area contributed by atoms with Crippen LogP contribution in [0.15, 0.2) is 42.5 Å². The molecular formula is C20H23ClN2O3. The molecule has 2 N–H and O–H groups in total. The molecule has 2 aromatic carbocycles. The van der Waals surface area contributed by atoms with Gasteiger partial charge in [0, 0.05) is 36.3 Å². The fraction of sp³-hybridized carbons (Fsp3) is 0.300. The van der Waals surface area contributed by atoms with Crippen molar-refractivity contribution in [2.45, 2.75) is 25.7 Å². The number of hydrogen-bond donors (Lipinski definition) is 1. The van der Waals surface area contributed by atoms with Crippen LogP contribution in [0, 0.1) is 0 Å². The highest BCUT2D eigenvalue weighted by atomic mass is 35.5. The first-order chi connectivity index (χ1) is 12.1. The smallest absolute Gasteiger partial charge is 0.227 e. The average Bonchev–Trinajstić information content (AvgIpc) is 2.66. The van der Waals surface area contributed by atoms with E-state index in [9.17, 15) is 9.59 Å². The predicted octanol–water partition coefficient (Wildman–Crippen LogP) is 3.64. The van der Waals surface area contributed by atoms with Gasteiger partial charge in [0.25, 0.3) is 0 Å². The second-order valence-electron chi connectivity index (χ2n) is 6.15. The molecule has 0 aliphatic carbocycles. The number of carbonyl (C=O) groups excluding carboxylic acids is 2. The van der Waals surface area contributed by atoms with E-state index >= 15 is 0 Å². The SMILES string of the molecule is COc1ccc(C(=O)CCC(=O)N2CCCc3c(N)cccc32)cc1.Cl. The Labute approximate surface area is 159 Å². The largest absolute Gasteiger partial charge is 0.497 e. The summed E-state index contributed by atoms with van der Waals surface area (Å²) in [5, 5.41) is 0. The number of nitrogens with two attached hydrogens (primary N) is 1. The summed E-state index contributed by atoms with van der Waals surface area (Å²) in [4.78, 5) is 26.7. The van der Waals surface area contributed by atoms with Gasteiger partial charge < -0.3 is 15.4 Å². The first kappa shape index (κ1) is 19.8. The molecule has 0 unspecified atom stereocenters. The summed E-state index contributed by atoms with van der Waals surface area (Å²) < 4.78 is 5.09. The van der Waals surface area contributed by atoms with Crippen LogP contribution in [-0.2, 0) is 11.2 Å². The normalized spacial score (nSPS) is 12.7. The number of ketones is 1. The van der Waals surface area contributed by atoms with E-state index in [2.05, 4.69) is 0 Å². The summed E-state index contributed by atoms with van der Waals surface area (Å²) in [5.74, 6) is 0.629. The van der Waals surface area contributed by atoms with Crippen molar-refractivity contribution in [2.75, 3.05) is 24.3 Å². The van der Waals surface area contributed by atoms with E-state index in [1.165, 1.54) is 0 Å². The number of amides is 1. The van der Waals surface area contributed by atoms with E-state index in [1.807, 2.05) is 18.2 Å². The van der Waals surface area contributed by atoms with E-state index in [4.69, 9.17) is 10.5 Å². The quantitative estimate of drug-likeness (QED) is 0.640. The molecule has 1 heterocycles. The molecule has 0 fully saturated rings. The van der Waals surface area contributed by atoms with Crippen molar-refractivity contribution < 1.29 is 14.3 Å². The van der Waals surface area contributed by atoms with Crippen molar-refractivity contribution in [3.05, 3.63) is 53.6 Å². The lowest BCUT2D eigenvalue weighted by Crippen LogP contribution is -2.35. The standard InChI is InChI=1S/C20H22N2O3.ClH/c1-25-15-9-7-14(8-10-15)19(23)11-12-20(24)22-13-3-4-16-17(21)5-2-6-18(16)22;/h2,5-10H,3-4,11-13,21H2,1H3;1H. The van der Waals surface area contributed by atoms with Gasteiger partial charge in [0.2, 0.25) is 5.91 Å². The summed E-state index contributed by atoms with van der Waals surface area (Å²) in [7, 11) is 1.58. The van der Waals surface area contributed by atoms with Crippen molar-refractivity contribution in [1.29, 1.82) is 0 Å². The summed E-state index contributed by atoms with van der Waals surface area (Å²) >= 11 is 0. The number of methoxy groups -OCH3 is 1. The average molecular weight is 375 g/mol. The monoisotopic (exact) mass is 374 g/mol. The number of fused-ring (bicyclic) bond motifs is 1. The maximum absolute atomic E-state index is 12.6. The topological polar surface area (TPSA) is 72.6 Å². The fourth-order valence-corrected chi connectivity index (χ4v) is 3.19. The maximum atomic E-state index is 12.6. The fourth-order valence-electron chi connectivity index (χ4n) is 3.19. The van der Waals surface area contributed by atoms with E-state index < -0.39 is 0 Å². The highest BCUT2D eigenvalue weighted by Crippen LogP contribution is 2.31. The van der Waals surface area contributed by atoms with Crippen molar-refractivity contribution in [2.24, 2.45) is 0 Å². The maximum Gasteiger partial charge on any atom is 0.227 e. The number of halogens is 1. The second-order valence-corrected chi connectivity index (χ2v) is 6.15. The number of Topliss-reactive ketones (excluding diaryl/α,β-unsaturated/α-hetero) is 1. The van der Waals surface area contributed by atoms with Crippen LogP contribution < -0.4 is 15.4 Å². The Hall–Kier alpha value is -2.53. The van der Waals surface area contributed by atoms with Gasteiger partial charge in [-0.15, -0.1) is 12.4 Å². The van der Waals surface area contributed by atoms with Gasteiger partial charge in [-0.2, -0.15) is 0 Å². The minimum atomic E-state index is -0.0409. The number of nitrogen functional groups attached to an aromatic ring is 1. The summed E-state index contributed by atoms with van der Waals surface area (Å²) in [5.41, 5.74) is 9.26. The zero-order valence-corrected chi connectivity index (χ0v) is 15.6. The van der Waals surface area contributed by atoms with Gasteiger partial charge in [0.05, 0.1) is 7.11 Å². The number of carbonyl (C=O) groups is 2. The van der Waals surface area contributed by atoms with Crippen LogP contribution in [-0.4, -0.2) is 25.3 Å². The Morgan fingerprint density at radius 2 is 1.85 bits per heavy atom. The first-order valence-electron chi connectivity index (χ1n) is 8.45. The van der Waals surface area contributed by atoms with E-state index in [0.29, 0.717) is 17.9 Å². The summed E-state index contributed by atoms with van der Waals surface area (Å²) in [6.07, 6.45) is 2.16. The molecule has 138 valence electrons. The minimum Gasteiger partial charge on any atom is -0.497 e. The van der Waals surface area contributed by atoms with Crippen LogP contribution in [0.3, 0.4) is 0 Å². The number of hydrogen-bond acceptors (Lipinski definition) is 4. The lowest BCUT2D eigenvalue weighted by molar-refractivity contribution is -0.118. The Morgan fingerprint density at radius 3 is 2.54 bits per heavy atom. The van der Waals surface area contributed by atoms with Gasteiger partial charge in [-0.25, -0.2) is 0 Å². The molecule has 3 rings (SSSR count). The molecule has 0 radical (unpaired) electrons. The molecule has 5 nitrogen and oxygen atoms in total. The van der Waals surface area contributed by atoms with E-state index in [-0.39, 0.29) is 36.9 Å². The van der Waals surface area contributed by atoms with Crippen molar-refractivity contribution in [1.82, 2.24) is 0 Å². The molecule has 0 aromatic heterocycles. The third kappa shape index (κ3) is 4.17. The van der Waals surface area contributed by atoms with Crippen LogP contribution >= 0.6 is 12.4 Å². The Kier molecular flexibility index (Phi) is 6.64. The van der Waals surface area contributed by atoms with E-state index in [1.54, 1.807) is 36.3 Å². The molecule has 1 aliphatic heterocycles. The van der Waals surface area contributed by atoms with Crippen molar-refractivity contribution in [3.8, 4) is 5.75 Å². The minimum absolute atomic E-state index is 0. The van der Waals surface area contributed by atoms with Gasteiger partial charge in [-0.3, -0.25) is 9.59 Å². The third-order valence-electron chi connectivity index (χ3n) is 4.57. The Balaban J connectivity index is 0.00000243. The molecule has 0 saturated carbocycles. The van der Waals surface area contributed by atoms with Crippen LogP contribution in [0.25, 0.3) is 0 Å². The molecule has 0 saturated heterocycles. The highest BCUT2D eigenvalue weighted by molar-refractivity contribution is 6.01. The van der Waals surface area contributed by atoms with Gasteiger partial charge in [0.15, 0.2) is 5.78 Å².